The Balaban J connectivity index is 1.86. The molecule has 14 heteroatoms. The zero-order valence-corrected chi connectivity index (χ0v) is 19.0. The molecule has 8 nitrogen and oxygen atoms in total. The lowest BCUT2D eigenvalue weighted by molar-refractivity contribution is -0.274. The van der Waals surface area contributed by atoms with Crippen LogP contribution in [0.5, 0.6) is 17.5 Å². The molecular formula is C23H18F6N4O4. The van der Waals surface area contributed by atoms with E-state index in [0.717, 1.165) is 16.7 Å². The molecule has 196 valence electrons. The van der Waals surface area contributed by atoms with Gasteiger partial charge in [0.25, 0.3) is 5.56 Å². The fourth-order valence-corrected chi connectivity index (χ4v) is 3.62. The molecule has 0 bridgehead atoms. The summed E-state index contributed by atoms with van der Waals surface area (Å²) in [5.74, 6) is -0.702. The van der Waals surface area contributed by atoms with E-state index in [4.69, 9.17) is 4.74 Å². The van der Waals surface area contributed by atoms with Crippen molar-refractivity contribution in [2.45, 2.75) is 32.0 Å². The third kappa shape index (κ3) is 5.95. The van der Waals surface area contributed by atoms with Crippen LogP contribution in [0.3, 0.4) is 0 Å². The van der Waals surface area contributed by atoms with Gasteiger partial charge in [0.2, 0.25) is 0 Å². The maximum Gasteiger partial charge on any atom is 0.573 e. The zero-order chi connectivity index (χ0) is 27.0. The van der Waals surface area contributed by atoms with E-state index in [0.29, 0.717) is 10.1 Å². The van der Waals surface area contributed by atoms with Gasteiger partial charge in [0, 0.05) is 19.7 Å². The van der Waals surface area contributed by atoms with Crippen molar-refractivity contribution >= 4 is 11.2 Å². The van der Waals surface area contributed by atoms with Gasteiger partial charge >= 0.3 is 24.2 Å². The Morgan fingerprint density at radius 1 is 0.892 bits per heavy atom. The normalized spacial score (nSPS) is 12.2. The molecule has 4 rings (SSSR count). The predicted octanol–water partition coefficient (Wildman–Crippen LogP) is 4.59. The molecule has 0 atom stereocenters. The number of hydrogen-bond donors (Lipinski definition) is 0. The number of hydrogen-bond acceptors (Lipinski definition) is 5. The van der Waals surface area contributed by atoms with Crippen LogP contribution in [-0.4, -0.2) is 31.2 Å². The highest BCUT2D eigenvalue weighted by atomic mass is 19.4. The standard InChI is InChI=1S/C23H18F6N4O4/c1-31-18-17(19(34)32(21(31)35)11-10-22(24,25)26)33(13-14-6-3-2-4-7-14)20(30-18)36-15-8-5-9-16(12-15)37-23(27,28)29/h2-9,12H,10-11,13H2,1H3. The summed E-state index contributed by atoms with van der Waals surface area (Å²) >= 11 is 0. The Morgan fingerprint density at radius 2 is 1.57 bits per heavy atom. The summed E-state index contributed by atoms with van der Waals surface area (Å²) in [6.07, 6.45) is -11.0. The van der Waals surface area contributed by atoms with Gasteiger partial charge in [-0.3, -0.25) is 18.5 Å². The number of aromatic nitrogens is 4. The second-order valence-corrected chi connectivity index (χ2v) is 7.93. The van der Waals surface area contributed by atoms with Gasteiger partial charge in [0.15, 0.2) is 11.2 Å². The Labute approximate surface area is 203 Å². The molecular weight excluding hydrogens is 510 g/mol. The second-order valence-electron chi connectivity index (χ2n) is 7.93. The van der Waals surface area contributed by atoms with E-state index in [2.05, 4.69) is 9.72 Å². The molecule has 0 aliphatic heterocycles. The molecule has 0 saturated carbocycles. The molecule has 0 aliphatic rings. The molecule has 0 unspecified atom stereocenters. The van der Waals surface area contributed by atoms with Gasteiger partial charge in [-0.25, -0.2) is 4.79 Å². The van der Waals surface area contributed by atoms with Crippen molar-refractivity contribution in [3.8, 4) is 17.5 Å². The Hall–Kier alpha value is -4.23. The fourth-order valence-electron chi connectivity index (χ4n) is 3.62. The van der Waals surface area contributed by atoms with Gasteiger partial charge < -0.3 is 9.47 Å². The van der Waals surface area contributed by atoms with E-state index in [9.17, 15) is 35.9 Å². The smallest absolute Gasteiger partial charge is 0.425 e. The first-order valence-electron chi connectivity index (χ1n) is 10.7. The van der Waals surface area contributed by atoms with Crippen LogP contribution in [0.25, 0.3) is 11.2 Å². The summed E-state index contributed by atoms with van der Waals surface area (Å²) in [5.41, 5.74) is -1.78. The first-order chi connectivity index (χ1) is 17.3. The molecule has 0 fully saturated rings. The maximum absolute atomic E-state index is 13.2. The molecule has 37 heavy (non-hydrogen) atoms. The molecule has 0 amide bonds. The lowest BCUT2D eigenvalue weighted by Gasteiger charge is -2.13. The lowest BCUT2D eigenvalue weighted by atomic mass is 10.2. The Morgan fingerprint density at radius 3 is 2.22 bits per heavy atom. The second kappa shape index (κ2) is 9.67. The van der Waals surface area contributed by atoms with Crippen LogP contribution in [0.4, 0.5) is 26.3 Å². The summed E-state index contributed by atoms with van der Waals surface area (Å²) < 4.78 is 88.5. The quantitative estimate of drug-likeness (QED) is 0.328. The lowest BCUT2D eigenvalue weighted by Crippen LogP contribution is -2.40. The van der Waals surface area contributed by atoms with Gasteiger partial charge in [-0.05, 0) is 17.7 Å². The SMILES string of the molecule is Cn1c(=O)n(CCC(F)(F)F)c(=O)c2c1nc(Oc1cccc(OC(F)(F)F)c1)n2Cc1ccccc1. The average molecular weight is 528 g/mol. The largest absolute Gasteiger partial charge is 0.573 e. The van der Waals surface area contributed by atoms with Crippen LogP contribution in [0, 0.1) is 0 Å². The van der Waals surface area contributed by atoms with Crippen LogP contribution in [0.2, 0.25) is 0 Å². The third-order valence-electron chi connectivity index (χ3n) is 5.25. The minimum atomic E-state index is -4.95. The number of halogens is 6. The van der Waals surface area contributed by atoms with Crippen LogP contribution in [-0.2, 0) is 20.1 Å². The summed E-state index contributed by atoms with van der Waals surface area (Å²) in [6.45, 7) is -0.952. The monoisotopic (exact) mass is 528 g/mol. The van der Waals surface area contributed by atoms with E-state index in [-0.39, 0.29) is 29.5 Å². The van der Waals surface area contributed by atoms with Crippen LogP contribution >= 0.6 is 0 Å². The minimum Gasteiger partial charge on any atom is -0.425 e. The average Bonchev–Trinajstić information content (AvgIpc) is 3.14. The molecule has 0 aliphatic carbocycles. The molecule has 2 heterocycles. The molecule has 2 aromatic carbocycles. The number of aryl methyl sites for hydroxylation is 1. The molecule has 0 saturated heterocycles. The molecule has 4 aromatic rings. The number of imidazole rings is 1. The summed E-state index contributed by atoms with van der Waals surface area (Å²) in [7, 11) is 1.23. The van der Waals surface area contributed by atoms with Crippen molar-refractivity contribution in [3.05, 3.63) is 81.0 Å². The van der Waals surface area contributed by atoms with Crippen LogP contribution in [0.15, 0.2) is 64.2 Å². The van der Waals surface area contributed by atoms with E-state index >= 15 is 0 Å². The van der Waals surface area contributed by atoms with Gasteiger partial charge in [0.05, 0.1) is 13.0 Å². The third-order valence-corrected chi connectivity index (χ3v) is 5.25. The Bertz CT molecular complexity index is 1540. The van der Waals surface area contributed by atoms with Gasteiger partial charge in [-0.1, -0.05) is 36.4 Å². The zero-order valence-electron chi connectivity index (χ0n) is 19.0. The van der Waals surface area contributed by atoms with Crippen LogP contribution in [0.1, 0.15) is 12.0 Å². The maximum atomic E-state index is 13.2. The number of benzene rings is 2. The highest BCUT2D eigenvalue weighted by Gasteiger charge is 2.31. The summed E-state index contributed by atoms with van der Waals surface area (Å²) in [4.78, 5) is 30.1. The van der Waals surface area contributed by atoms with Gasteiger partial charge in [-0.2, -0.15) is 18.2 Å². The number of alkyl halides is 6. The Kier molecular flexibility index (Phi) is 6.76. The molecule has 2 aromatic heterocycles. The predicted molar refractivity (Wildman–Crippen MR) is 119 cm³/mol. The van der Waals surface area contributed by atoms with Crippen molar-refractivity contribution in [2.75, 3.05) is 0 Å². The highest BCUT2D eigenvalue weighted by molar-refractivity contribution is 5.72. The van der Waals surface area contributed by atoms with E-state index in [1.807, 2.05) is 0 Å². The number of ether oxygens (including phenoxy) is 2. The van der Waals surface area contributed by atoms with Crippen molar-refractivity contribution < 1.29 is 35.8 Å². The van der Waals surface area contributed by atoms with Gasteiger partial charge in [0.1, 0.15) is 11.5 Å². The topological polar surface area (TPSA) is 80.3 Å². The number of nitrogens with zero attached hydrogens (tertiary/aromatic N) is 4. The van der Waals surface area contributed by atoms with Crippen molar-refractivity contribution in [1.82, 2.24) is 18.7 Å². The van der Waals surface area contributed by atoms with E-state index in [1.165, 1.54) is 23.7 Å². The van der Waals surface area contributed by atoms with Gasteiger partial charge in [-0.15, -0.1) is 13.2 Å². The molecule has 0 radical (unpaired) electrons. The first kappa shape index (κ1) is 25.9. The van der Waals surface area contributed by atoms with Crippen molar-refractivity contribution in [2.24, 2.45) is 7.05 Å². The van der Waals surface area contributed by atoms with E-state index in [1.54, 1.807) is 30.3 Å². The van der Waals surface area contributed by atoms with E-state index < -0.39 is 42.5 Å². The number of rotatable bonds is 7. The summed E-state index contributed by atoms with van der Waals surface area (Å²) in [6, 6.07) is 12.9. The minimum absolute atomic E-state index is 0.0435. The van der Waals surface area contributed by atoms with Crippen molar-refractivity contribution in [1.29, 1.82) is 0 Å². The molecule has 0 spiro atoms. The molecule has 0 N–H and O–H groups in total. The summed E-state index contributed by atoms with van der Waals surface area (Å²) in [5, 5.41) is 0. The fraction of sp³-hybridized carbons (Fsp3) is 0.261. The van der Waals surface area contributed by atoms with Crippen molar-refractivity contribution in [3.63, 3.8) is 0 Å². The van der Waals surface area contributed by atoms with Crippen LogP contribution < -0.4 is 20.7 Å². The number of fused-ring (bicyclic) bond motifs is 1. The first-order valence-corrected chi connectivity index (χ1v) is 10.7. The highest BCUT2D eigenvalue weighted by Crippen LogP contribution is 2.30.